The van der Waals surface area contributed by atoms with Crippen molar-refractivity contribution in [3.8, 4) is 0 Å². The van der Waals surface area contributed by atoms with E-state index >= 15 is 0 Å². The smallest absolute Gasteiger partial charge is 0.219 e. The van der Waals surface area contributed by atoms with Crippen molar-refractivity contribution in [1.29, 1.82) is 0 Å². The summed E-state index contributed by atoms with van der Waals surface area (Å²) in [6, 6.07) is 6.76. The van der Waals surface area contributed by atoms with Crippen molar-refractivity contribution < 1.29 is 13.2 Å². The Morgan fingerprint density at radius 3 is 2.75 bits per heavy atom. The number of sulfonamides is 1. The number of amides is 1. The third kappa shape index (κ3) is 6.78. The first-order valence-corrected chi connectivity index (χ1v) is 8.69. The summed E-state index contributed by atoms with van der Waals surface area (Å²) >= 11 is 1.41. The lowest BCUT2D eigenvalue weighted by molar-refractivity contribution is -0.118. The zero-order chi connectivity index (χ0) is 15.2. The molecule has 0 heterocycles. The predicted molar refractivity (Wildman–Crippen MR) is 81.8 cm³/mol. The Kier molecular flexibility index (Phi) is 6.31. The highest BCUT2D eigenvalue weighted by molar-refractivity contribution is 8.00. The zero-order valence-corrected chi connectivity index (χ0v) is 12.8. The number of hydrogen-bond donors (Lipinski definition) is 3. The highest BCUT2D eigenvalue weighted by atomic mass is 32.2. The third-order valence-electron chi connectivity index (χ3n) is 2.37. The van der Waals surface area contributed by atoms with Crippen molar-refractivity contribution in [2.24, 2.45) is 5.73 Å². The number of benzene rings is 1. The molecule has 112 valence electrons. The molecule has 1 amide bonds. The summed E-state index contributed by atoms with van der Waals surface area (Å²) < 4.78 is 26.0. The van der Waals surface area contributed by atoms with Gasteiger partial charge in [0.05, 0.1) is 5.75 Å². The topological polar surface area (TPSA) is 115 Å². The molecule has 0 aromatic heterocycles. The van der Waals surface area contributed by atoms with E-state index in [9.17, 15) is 13.2 Å². The summed E-state index contributed by atoms with van der Waals surface area (Å²) in [5.74, 6) is -0.160. The van der Waals surface area contributed by atoms with Crippen LogP contribution in [0.3, 0.4) is 0 Å². The van der Waals surface area contributed by atoms with Gasteiger partial charge in [0.1, 0.15) is 0 Å². The SMILES string of the molecule is CC(CC(N)=O)NS(=O)(=O)CCSc1cccc(N)c1. The van der Waals surface area contributed by atoms with Gasteiger partial charge in [-0.1, -0.05) is 6.07 Å². The first kappa shape index (κ1) is 16.8. The van der Waals surface area contributed by atoms with Crippen molar-refractivity contribution in [3.63, 3.8) is 0 Å². The number of nitrogens with one attached hydrogen (secondary N) is 1. The molecule has 20 heavy (non-hydrogen) atoms. The maximum atomic E-state index is 11.8. The fourth-order valence-electron chi connectivity index (χ4n) is 1.58. The molecule has 1 rings (SSSR count). The van der Waals surface area contributed by atoms with Gasteiger partial charge in [-0.2, -0.15) is 0 Å². The molecule has 0 fully saturated rings. The van der Waals surface area contributed by atoms with E-state index < -0.39 is 22.0 Å². The predicted octanol–water partition coefficient (Wildman–Crippen LogP) is 0.544. The molecule has 0 aliphatic rings. The van der Waals surface area contributed by atoms with Crippen LogP contribution in [0.2, 0.25) is 0 Å². The van der Waals surface area contributed by atoms with E-state index in [1.807, 2.05) is 12.1 Å². The summed E-state index contributed by atoms with van der Waals surface area (Å²) in [7, 11) is -3.42. The molecular weight excluding hydrogens is 298 g/mol. The maximum Gasteiger partial charge on any atom is 0.219 e. The van der Waals surface area contributed by atoms with E-state index in [0.29, 0.717) is 11.4 Å². The molecule has 0 saturated carbocycles. The summed E-state index contributed by atoms with van der Waals surface area (Å²) in [5, 5.41) is 0. The molecule has 1 atom stereocenters. The van der Waals surface area contributed by atoms with Gasteiger partial charge in [0.2, 0.25) is 15.9 Å². The Bertz CT molecular complexity index is 561. The van der Waals surface area contributed by atoms with Gasteiger partial charge in [0, 0.05) is 28.8 Å². The van der Waals surface area contributed by atoms with Gasteiger partial charge < -0.3 is 11.5 Å². The van der Waals surface area contributed by atoms with Crippen LogP contribution in [-0.4, -0.2) is 31.9 Å². The first-order chi connectivity index (χ1) is 9.28. The Labute approximate surface area is 123 Å². The van der Waals surface area contributed by atoms with E-state index in [1.165, 1.54) is 11.8 Å². The zero-order valence-electron chi connectivity index (χ0n) is 11.2. The molecular formula is C12H19N3O3S2. The van der Waals surface area contributed by atoms with Crippen LogP contribution in [0.1, 0.15) is 13.3 Å². The summed E-state index contributed by atoms with van der Waals surface area (Å²) in [6.07, 6.45) is -0.0123. The van der Waals surface area contributed by atoms with E-state index in [2.05, 4.69) is 4.72 Å². The number of nitrogens with two attached hydrogens (primary N) is 2. The number of nitrogen functional groups attached to an aromatic ring is 1. The van der Waals surface area contributed by atoms with Crippen molar-refractivity contribution in [3.05, 3.63) is 24.3 Å². The second-order valence-electron chi connectivity index (χ2n) is 4.43. The molecule has 5 N–H and O–H groups in total. The van der Waals surface area contributed by atoms with Gasteiger partial charge in [-0.25, -0.2) is 13.1 Å². The van der Waals surface area contributed by atoms with E-state index in [0.717, 1.165) is 4.90 Å². The van der Waals surface area contributed by atoms with Crippen molar-refractivity contribution in [2.75, 3.05) is 17.2 Å². The number of hydrogen-bond acceptors (Lipinski definition) is 5. The first-order valence-electron chi connectivity index (χ1n) is 6.05. The Hall–Kier alpha value is -1.25. The lowest BCUT2D eigenvalue weighted by Crippen LogP contribution is -2.37. The molecule has 8 heteroatoms. The Morgan fingerprint density at radius 2 is 2.15 bits per heavy atom. The lowest BCUT2D eigenvalue weighted by atomic mass is 10.2. The standard InChI is InChI=1S/C12H19N3O3S2/c1-9(7-12(14)16)15-20(17,18)6-5-19-11-4-2-3-10(13)8-11/h2-4,8-9,15H,5-7,13H2,1H3,(H2,14,16). The van der Waals surface area contributed by atoms with Gasteiger partial charge in [-0.05, 0) is 25.1 Å². The van der Waals surface area contributed by atoms with Crippen molar-refractivity contribution in [2.45, 2.75) is 24.3 Å². The third-order valence-corrected chi connectivity index (χ3v) is 5.12. The second kappa shape index (κ2) is 7.51. The molecule has 1 unspecified atom stereocenters. The van der Waals surface area contributed by atoms with Crippen molar-refractivity contribution >= 4 is 33.4 Å². The van der Waals surface area contributed by atoms with Crippen LogP contribution in [0.25, 0.3) is 0 Å². The van der Waals surface area contributed by atoms with Crippen LogP contribution in [0, 0.1) is 0 Å². The average Bonchev–Trinajstić information content (AvgIpc) is 2.26. The number of rotatable bonds is 8. The number of thioether (sulfide) groups is 1. The summed E-state index contributed by atoms with van der Waals surface area (Å²) in [5.41, 5.74) is 11.3. The molecule has 1 aromatic rings. The molecule has 0 spiro atoms. The minimum Gasteiger partial charge on any atom is -0.399 e. The normalized spacial score (nSPS) is 13.1. The summed E-state index contributed by atoms with van der Waals surface area (Å²) in [4.78, 5) is 11.6. The monoisotopic (exact) mass is 317 g/mol. The molecule has 0 radical (unpaired) electrons. The molecule has 0 bridgehead atoms. The van der Waals surface area contributed by atoms with Crippen LogP contribution in [0.15, 0.2) is 29.2 Å². The van der Waals surface area contributed by atoms with Gasteiger partial charge in [-0.3, -0.25) is 4.79 Å². The molecule has 0 saturated heterocycles. The van der Waals surface area contributed by atoms with Crippen LogP contribution in [0.5, 0.6) is 0 Å². The molecule has 1 aromatic carbocycles. The highest BCUT2D eigenvalue weighted by Crippen LogP contribution is 2.20. The Balaban J connectivity index is 2.42. The number of carbonyl (C=O) groups is 1. The highest BCUT2D eigenvalue weighted by Gasteiger charge is 2.15. The van der Waals surface area contributed by atoms with Crippen LogP contribution >= 0.6 is 11.8 Å². The fourth-order valence-corrected chi connectivity index (χ4v) is 4.24. The van der Waals surface area contributed by atoms with Crippen LogP contribution in [0.4, 0.5) is 5.69 Å². The second-order valence-corrected chi connectivity index (χ2v) is 7.47. The van der Waals surface area contributed by atoms with E-state index in [4.69, 9.17) is 11.5 Å². The van der Waals surface area contributed by atoms with E-state index in [1.54, 1.807) is 19.1 Å². The minimum atomic E-state index is -3.42. The number of anilines is 1. The van der Waals surface area contributed by atoms with Gasteiger partial charge >= 0.3 is 0 Å². The largest absolute Gasteiger partial charge is 0.399 e. The fraction of sp³-hybridized carbons (Fsp3) is 0.417. The van der Waals surface area contributed by atoms with E-state index in [-0.39, 0.29) is 12.2 Å². The number of primary amides is 1. The Morgan fingerprint density at radius 1 is 1.45 bits per heavy atom. The van der Waals surface area contributed by atoms with Crippen LogP contribution < -0.4 is 16.2 Å². The molecule has 0 aliphatic heterocycles. The van der Waals surface area contributed by atoms with Gasteiger partial charge in [0.15, 0.2) is 0 Å². The molecule has 0 aliphatic carbocycles. The summed E-state index contributed by atoms with van der Waals surface area (Å²) in [6.45, 7) is 1.60. The number of carbonyl (C=O) groups excluding carboxylic acids is 1. The van der Waals surface area contributed by atoms with Crippen LogP contribution in [-0.2, 0) is 14.8 Å². The maximum absolute atomic E-state index is 11.8. The van der Waals surface area contributed by atoms with Crippen molar-refractivity contribution in [1.82, 2.24) is 4.72 Å². The van der Waals surface area contributed by atoms with Gasteiger partial charge in [-0.15, -0.1) is 11.8 Å². The quantitative estimate of drug-likeness (QED) is 0.478. The minimum absolute atomic E-state index is 0.0123. The molecule has 6 nitrogen and oxygen atoms in total. The van der Waals surface area contributed by atoms with Gasteiger partial charge in [0.25, 0.3) is 0 Å². The average molecular weight is 317 g/mol. The lowest BCUT2D eigenvalue weighted by Gasteiger charge is -2.12.